The highest BCUT2D eigenvalue weighted by molar-refractivity contribution is 7.60. The van der Waals surface area contributed by atoms with Crippen molar-refractivity contribution >= 4 is 12.9 Å². The largest absolute Gasteiger partial charge is 0.491 e. The van der Waals surface area contributed by atoms with Crippen molar-refractivity contribution in [2.75, 3.05) is 13.2 Å². The van der Waals surface area contributed by atoms with Gasteiger partial charge in [0.1, 0.15) is 12.4 Å². The zero-order valence-electron chi connectivity index (χ0n) is 7.33. The number of ether oxygens (including phenoxy) is 1. The van der Waals surface area contributed by atoms with Gasteiger partial charge in [-0.15, -0.1) is 0 Å². The fourth-order valence-corrected chi connectivity index (χ4v) is 1.49. The molecule has 0 aromatic heterocycles. The van der Waals surface area contributed by atoms with Crippen molar-refractivity contribution in [2.45, 2.75) is 0 Å². The summed E-state index contributed by atoms with van der Waals surface area (Å²) < 4.78 is 15.8. The van der Waals surface area contributed by atoms with Gasteiger partial charge in [0.2, 0.25) is 0 Å². The van der Waals surface area contributed by atoms with Crippen LogP contribution in [0.25, 0.3) is 0 Å². The molecule has 1 aromatic carbocycles. The molecule has 5 nitrogen and oxygen atoms in total. The van der Waals surface area contributed by atoms with E-state index in [1.165, 1.54) is 18.2 Å². The molecule has 6 heteroatoms. The van der Waals surface area contributed by atoms with E-state index in [1.54, 1.807) is 6.07 Å². The fourth-order valence-electron chi connectivity index (χ4n) is 0.918. The Morgan fingerprint density at radius 3 is 2.64 bits per heavy atom. The van der Waals surface area contributed by atoms with Crippen LogP contribution >= 0.6 is 7.60 Å². The Hall–Kier alpha value is -0.870. The van der Waals surface area contributed by atoms with Gasteiger partial charge < -0.3 is 19.6 Å². The molecule has 0 heterocycles. The SMILES string of the molecule is O=P(O)(O)c1cccc(OCCO)c1. The van der Waals surface area contributed by atoms with Gasteiger partial charge in [0.25, 0.3) is 0 Å². The minimum Gasteiger partial charge on any atom is -0.491 e. The number of hydrogen-bond donors (Lipinski definition) is 3. The molecule has 1 aromatic rings. The highest BCUT2D eigenvalue weighted by Gasteiger charge is 2.16. The molecule has 0 saturated carbocycles. The third-order valence-corrected chi connectivity index (χ3v) is 2.46. The van der Waals surface area contributed by atoms with Crippen molar-refractivity contribution in [3.05, 3.63) is 24.3 Å². The van der Waals surface area contributed by atoms with Crippen molar-refractivity contribution in [2.24, 2.45) is 0 Å². The van der Waals surface area contributed by atoms with E-state index in [4.69, 9.17) is 19.6 Å². The van der Waals surface area contributed by atoms with Gasteiger partial charge in [-0.05, 0) is 18.2 Å². The van der Waals surface area contributed by atoms with Crippen molar-refractivity contribution in [1.82, 2.24) is 0 Å². The van der Waals surface area contributed by atoms with E-state index in [1.807, 2.05) is 0 Å². The summed E-state index contributed by atoms with van der Waals surface area (Å²) in [5.74, 6) is 0.333. The summed E-state index contributed by atoms with van der Waals surface area (Å²) >= 11 is 0. The van der Waals surface area contributed by atoms with Gasteiger partial charge in [-0.1, -0.05) is 6.07 Å². The summed E-state index contributed by atoms with van der Waals surface area (Å²) in [7, 11) is -4.22. The Kier molecular flexibility index (Phi) is 3.66. The van der Waals surface area contributed by atoms with Gasteiger partial charge in [-0.25, -0.2) is 0 Å². The van der Waals surface area contributed by atoms with E-state index >= 15 is 0 Å². The molecule has 0 aliphatic rings. The van der Waals surface area contributed by atoms with Gasteiger partial charge in [0.05, 0.1) is 11.9 Å². The van der Waals surface area contributed by atoms with E-state index in [0.29, 0.717) is 5.75 Å². The van der Waals surface area contributed by atoms with Crippen molar-refractivity contribution in [3.63, 3.8) is 0 Å². The van der Waals surface area contributed by atoms with Crippen LogP contribution in [0.15, 0.2) is 24.3 Å². The van der Waals surface area contributed by atoms with Gasteiger partial charge in [0, 0.05) is 0 Å². The summed E-state index contributed by atoms with van der Waals surface area (Å²) in [6, 6.07) is 5.64. The van der Waals surface area contributed by atoms with Gasteiger partial charge in [-0.3, -0.25) is 4.57 Å². The Bertz CT molecular complexity index is 345. The second kappa shape index (κ2) is 4.57. The zero-order chi connectivity index (χ0) is 10.6. The van der Waals surface area contributed by atoms with Crippen LogP contribution in [0.1, 0.15) is 0 Å². The quantitative estimate of drug-likeness (QED) is 0.612. The van der Waals surface area contributed by atoms with E-state index in [-0.39, 0.29) is 18.5 Å². The van der Waals surface area contributed by atoms with Crippen LogP contribution in [0, 0.1) is 0 Å². The Morgan fingerprint density at radius 2 is 2.07 bits per heavy atom. The molecule has 3 N–H and O–H groups in total. The smallest absolute Gasteiger partial charge is 0.356 e. The van der Waals surface area contributed by atoms with Crippen molar-refractivity contribution < 1.29 is 24.2 Å². The molecule has 0 aliphatic carbocycles. The molecule has 0 radical (unpaired) electrons. The molecule has 0 bridgehead atoms. The Morgan fingerprint density at radius 1 is 1.36 bits per heavy atom. The lowest BCUT2D eigenvalue weighted by molar-refractivity contribution is 0.201. The van der Waals surface area contributed by atoms with Crippen molar-refractivity contribution in [3.8, 4) is 5.75 Å². The first-order chi connectivity index (χ1) is 6.54. The fraction of sp³-hybridized carbons (Fsp3) is 0.250. The van der Waals surface area contributed by atoms with Crippen molar-refractivity contribution in [1.29, 1.82) is 0 Å². The molecular formula is C8H11O5P. The molecule has 14 heavy (non-hydrogen) atoms. The third kappa shape index (κ3) is 3.12. The molecule has 0 aliphatic heterocycles. The predicted molar refractivity (Wildman–Crippen MR) is 50.7 cm³/mol. The highest BCUT2D eigenvalue weighted by atomic mass is 31.2. The second-order valence-corrected chi connectivity index (χ2v) is 4.22. The van der Waals surface area contributed by atoms with Gasteiger partial charge in [-0.2, -0.15) is 0 Å². The molecular weight excluding hydrogens is 207 g/mol. The molecule has 0 amide bonds. The summed E-state index contributed by atoms with van der Waals surface area (Å²) in [5.41, 5.74) is 0. The molecule has 0 unspecified atom stereocenters. The maximum Gasteiger partial charge on any atom is 0.356 e. The first-order valence-corrected chi connectivity index (χ1v) is 5.55. The van der Waals surface area contributed by atoms with Crippen LogP contribution < -0.4 is 10.0 Å². The first-order valence-electron chi connectivity index (χ1n) is 3.94. The third-order valence-electron chi connectivity index (χ3n) is 1.51. The van der Waals surface area contributed by atoms with Crippen LogP contribution in [0.4, 0.5) is 0 Å². The summed E-state index contributed by atoms with van der Waals surface area (Å²) in [6.45, 7) is -0.0370. The summed E-state index contributed by atoms with van der Waals surface area (Å²) in [5, 5.41) is 8.39. The lowest BCUT2D eigenvalue weighted by Crippen LogP contribution is -2.06. The van der Waals surface area contributed by atoms with Crippen LogP contribution in [0.2, 0.25) is 0 Å². The monoisotopic (exact) mass is 218 g/mol. The maximum atomic E-state index is 10.8. The Labute approximate surface area is 81.1 Å². The van der Waals surface area contributed by atoms with E-state index < -0.39 is 7.60 Å². The maximum absolute atomic E-state index is 10.8. The normalized spacial score (nSPS) is 11.4. The number of benzene rings is 1. The molecule has 78 valence electrons. The second-order valence-electron chi connectivity index (χ2n) is 2.61. The molecule has 0 spiro atoms. The predicted octanol–water partition coefficient (Wildman–Crippen LogP) is -0.139. The molecule has 1 rings (SSSR count). The number of aliphatic hydroxyl groups is 1. The van der Waals surface area contributed by atoms with Crippen LogP contribution in [0.5, 0.6) is 5.75 Å². The number of aliphatic hydroxyl groups excluding tert-OH is 1. The highest BCUT2D eigenvalue weighted by Crippen LogP contribution is 2.33. The number of hydrogen-bond acceptors (Lipinski definition) is 3. The van der Waals surface area contributed by atoms with E-state index in [0.717, 1.165) is 0 Å². The van der Waals surface area contributed by atoms with Gasteiger partial charge in [0.15, 0.2) is 0 Å². The zero-order valence-corrected chi connectivity index (χ0v) is 8.22. The molecule has 0 atom stereocenters. The molecule has 0 saturated heterocycles. The Balaban J connectivity index is 2.85. The van der Waals surface area contributed by atoms with Gasteiger partial charge >= 0.3 is 7.60 Å². The summed E-state index contributed by atoms with van der Waals surface area (Å²) in [4.78, 5) is 17.7. The average molecular weight is 218 g/mol. The standard InChI is InChI=1S/C8H11O5P/c9-4-5-13-7-2-1-3-8(6-7)14(10,11)12/h1-3,6,9H,4-5H2,(H2,10,11,12). The lowest BCUT2D eigenvalue weighted by atomic mass is 10.3. The average Bonchev–Trinajstić information content (AvgIpc) is 2.14. The van der Waals surface area contributed by atoms with E-state index in [2.05, 4.69) is 0 Å². The minimum atomic E-state index is -4.22. The molecule has 0 fully saturated rings. The first kappa shape index (κ1) is 11.2. The van der Waals surface area contributed by atoms with E-state index in [9.17, 15) is 4.57 Å². The number of rotatable bonds is 4. The van der Waals surface area contributed by atoms with Crippen LogP contribution in [0.3, 0.4) is 0 Å². The van der Waals surface area contributed by atoms with Crippen LogP contribution in [-0.2, 0) is 4.57 Å². The van der Waals surface area contributed by atoms with Crippen LogP contribution in [-0.4, -0.2) is 28.1 Å². The summed E-state index contributed by atoms with van der Waals surface area (Å²) in [6.07, 6.45) is 0. The topological polar surface area (TPSA) is 87.0 Å². The minimum absolute atomic E-state index is 0.0899. The lowest BCUT2D eigenvalue weighted by Gasteiger charge is -2.07.